The summed E-state index contributed by atoms with van der Waals surface area (Å²) in [5.74, 6) is 1.13. The van der Waals surface area contributed by atoms with Gasteiger partial charge in [0.15, 0.2) is 0 Å². The summed E-state index contributed by atoms with van der Waals surface area (Å²) in [6.07, 6.45) is 1.16. The van der Waals surface area contributed by atoms with Gasteiger partial charge in [-0.15, -0.1) is 11.6 Å². The molecule has 1 saturated heterocycles. The Morgan fingerprint density at radius 1 is 1.44 bits per heavy atom. The van der Waals surface area contributed by atoms with Gasteiger partial charge in [-0.25, -0.2) is 4.39 Å². The van der Waals surface area contributed by atoms with Gasteiger partial charge in [-0.2, -0.15) is 0 Å². The Kier molecular flexibility index (Phi) is 3.82. The number of benzene rings is 1. The molecule has 1 nitrogen and oxygen atoms in total. The molecule has 0 amide bonds. The normalized spacial score (nSPS) is 26.2. The van der Waals surface area contributed by atoms with Crippen LogP contribution in [0.3, 0.4) is 0 Å². The van der Waals surface area contributed by atoms with E-state index < -0.39 is 0 Å². The highest BCUT2D eigenvalue weighted by molar-refractivity contribution is 6.18. The summed E-state index contributed by atoms with van der Waals surface area (Å²) >= 11 is 5.97. The van der Waals surface area contributed by atoms with Crippen molar-refractivity contribution < 1.29 is 4.39 Å². The Labute approximate surface area is 101 Å². The fraction of sp³-hybridized carbons (Fsp3) is 0.538. The molecule has 1 aliphatic heterocycles. The van der Waals surface area contributed by atoms with Crippen LogP contribution in [-0.2, 0) is 6.54 Å². The van der Waals surface area contributed by atoms with Gasteiger partial charge in [0.25, 0.3) is 0 Å². The Morgan fingerprint density at radius 3 is 2.88 bits per heavy atom. The van der Waals surface area contributed by atoms with Gasteiger partial charge in [-0.3, -0.25) is 4.90 Å². The molecule has 0 radical (unpaired) electrons. The number of alkyl halides is 1. The molecule has 0 saturated carbocycles. The maximum atomic E-state index is 13.5. The molecule has 1 aromatic rings. The van der Waals surface area contributed by atoms with E-state index in [1.54, 1.807) is 6.07 Å². The minimum Gasteiger partial charge on any atom is -0.295 e. The van der Waals surface area contributed by atoms with Crippen LogP contribution in [0, 0.1) is 11.7 Å². The summed E-state index contributed by atoms with van der Waals surface area (Å²) < 4.78 is 13.5. The van der Waals surface area contributed by atoms with Crippen LogP contribution in [0.1, 0.15) is 18.9 Å². The van der Waals surface area contributed by atoms with E-state index in [1.165, 1.54) is 6.07 Å². The monoisotopic (exact) mass is 241 g/mol. The summed E-state index contributed by atoms with van der Waals surface area (Å²) in [5, 5.41) is 0. The molecule has 0 bridgehead atoms. The van der Waals surface area contributed by atoms with E-state index in [0.29, 0.717) is 24.4 Å². The first-order valence-electron chi connectivity index (χ1n) is 5.75. The zero-order valence-corrected chi connectivity index (χ0v) is 10.3. The van der Waals surface area contributed by atoms with Crippen LogP contribution < -0.4 is 0 Å². The van der Waals surface area contributed by atoms with Crippen molar-refractivity contribution in [2.24, 2.45) is 5.92 Å². The quantitative estimate of drug-likeness (QED) is 0.735. The van der Waals surface area contributed by atoms with Crippen molar-refractivity contribution in [3.8, 4) is 0 Å². The second kappa shape index (κ2) is 5.15. The molecule has 1 aliphatic rings. The first kappa shape index (κ1) is 11.9. The average molecular weight is 242 g/mol. The Morgan fingerprint density at radius 2 is 2.19 bits per heavy atom. The van der Waals surface area contributed by atoms with E-state index in [9.17, 15) is 4.39 Å². The first-order chi connectivity index (χ1) is 7.72. The lowest BCUT2D eigenvalue weighted by Gasteiger charge is -2.25. The van der Waals surface area contributed by atoms with Crippen LogP contribution in [0.2, 0.25) is 0 Å². The third-order valence-corrected chi connectivity index (χ3v) is 3.80. The van der Waals surface area contributed by atoms with Crippen LogP contribution in [0.25, 0.3) is 0 Å². The highest BCUT2D eigenvalue weighted by atomic mass is 35.5. The molecule has 1 fully saturated rings. The zero-order chi connectivity index (χ0) is 11.5. The van der Waals surface area contributed by atoms with Gasteiger partial charge < -0.3 is 0 Å². The zero-order valence-electron chi connectivity index (χ0n) is 9.50. The van der Waals surface area contributed by atoms with Gasteiger partial charge in [0, 0.05) is 24.0 Å². The summed E-state index contributed by atoms with van der Waals surface area (Å²) in [7, 11) is 0. The summed E-state index contributed by atoms with van der Waals surface area (Å²) in [4.78, 5) is 2.29. The minimum absolute atomic E-state index is 0.115. The largest absolute Gasteiger partial charge is 0.295 e. The third-order valence-electron chi connectivity index (χ3n) is 3.49. The number of nitrogens with zero attached hydrogens (tertiary/aromatic N) is 1. The van der Waals surface area contributed by atoms with E-state index in [0.717, 1.165) is 18.5 Å². The van der Waals surface area contributed by atoms with Gasteiger partial charge in [0.2, 0.25) is 0 Å². The molecule has 0 spiro atoms. The fourth-order valence-corrected chi connectivity index (χ4v) is 2.88. The minimum atomic E-state index is -0.115. The maximum Gasteiger partial charge on any atom is 0.127 e. The Balaban J connectivity index is 2.08. The van der Waals surface area contributed by atoms with Crippen molar-refractivity contribution in [3.05, 3.63) is 35.6 Å². The number of hydrogen-bond donors (Lipinski definition) is 0. The van der Waals surface area contributed by atoms with E-state index >= 15 is 0 Å². The Hall–Kier alpha value is -0.600. The highest BCUT2D eigenvalue weighted by Gasteiger charge is 2.30. The molecule has 1 heterocycles. The number of hydrogen-bond acceptors (Lipinski definition) is 1. The molecule has 0 N–H and O–H groups in total. The fourth-order valence-electron chi connectivity index (χ4n) is 2.38. The summed E-state index contributed by atoms with van der Waals surface area (Å²) in [6, 6.07) is 7.37. The smallest absolute Gasteiger partial charge is 0.127 e. The lowest BCUT2D eigenvalue weighted by molar-refractivity contribution is 0.239. The van der Waals surface area contributed by atoms with Gasteiger partial charge >= 0.3 is 0 Å². The average Bonchev–Trinajstić information content (AvgIpc) is 2.63. The lowest BCUT2D eigenvalue weighted by atomic mass is 10.0. The standard InChI is InChI=1S/C13H17ClFN/c1-10-6-7-16(13(10)8-14)9-11-4-2-3-5-12(11)15/h2-5,10,13H,6-9H2,1H3. The second-order valence-corrected chi connectivity index (χ2v) is 4.86. The maximum absolute atomic E-state index is 13.5. The number of likely N-dealkylation sites (tertiary alicyclic amines) is 1. The van der Waals surface area contributed by atoms with Gasteiger partial charge in [-0.1, -0.05) is 25.1 Å². The van der Waals surface area contributed by atoms with E-state index in [2.05, 4.69) is 11.8 Å². The molecule has 0 aromatic heterocycles. The Bertz CT molecular complexity index is 356. The third kappa shape index (κ3) is 2.38. The van der Waals surface area contributed by atoms with Crippen LogP contribution in [0.4, 0.5) is 4.39 Å². The predicted octanol–water partition coefficient (Wildman–Crippen LogP) is 3.27. The highest BCUT2D eigenvalue weighted by Crippen LogP contribution is 2.26. The predicted molar refractivity (Wildman–Crippen MR) is 65.1 cm³/mol. The van der Waals surface area contributed by atoms with Crippen molar-refractivity contribution in [1.82, 2.24) is 4.90 Å². The van der Waals surface area contributed by atoms with Crippen LogP contribution in [-0.4, -0.2) is 23.4 Å². The lowest BCUT2D eigenvalue weighted by Crippen LogP contribution is -2.33. The molecular formula is C13H17ClFN. The molecule has 0 aliphatic carbocycles. The van der Waals surface area contributed by atoms with Crippen molar-refractivity contribution in [1.29, 1.82) is 0 Å². The van der Waals surface area contributed by atoms with E-state index in [-0.39, 0.29) is 5.82 Å². The van der Waals surface area contributed by atoms with Crippen molar-refractivity contribution in [2.45, 2.75) is 25.9 Å². The molecule has 3 heteroatoms. The van der Waals surface area contributed by atoms with E-state index in [4.69, 9.17) is 11.6 Å². The molecule has 2 atom stereocenters. The van der Waals surface area contributed by atoms with Crippen molar-refractivity contribution in [2.75, 3.05) is 12.4 Å². The van der Waals surface area contributed by atoms with E-state index in [1.807, 2.05) is 12.1 Å². The van der Waals surface area contributed by atoms with Crippen LogP contribution in [0.5, 0.6) is 0 Å². The summed E-state index contributed by atoms with van der Waals surface area (Å²) in [6.45, 7) is 3.91. The molecule has 16 heavy (non-hydrogen) atoms. The van der Waals surface area contributed by atoms with Gasteiger partial charge in [0.05, 0.1) is 0 Å². The first-order valence-corrected chi connectivity index (χ1v) is 6.29. The SMILES string of the molecule is CC1CCN(Cc2ccccc2F)C1CCl. The molecule has 2 rings (SSSR count). The van der Waals surface area contributed by atoms with Crippen molar-refractivity contribution >= 4 is 11.6 Å². The van der Waals surface area contributed by atoms with Crippen LogP contribution in [0.15, 0.2) is 24.3 Å². The number of halogens is 2. The van der Waals surface area contributed by atoms with Crippen molar-refractivity contribution in [3.63, 3.8) is 0 Å². The van der Waals surface area contributed by atoms with Gasteiger partial charge in [-0.05, 0) is 24.9 Å². The molecular weight excluding hydrogens is 225 g/mol. The summed E-state index contributed by atoms with van der Waals surface area (Å²) in [5.41, 5.74) is 0.770. The second-order valence-electron chi connectivity index (χ2n) is 4.55. The topological polar surface area (TPSA) is 3.24 Å². The van der Waals surface area contributed by atoms with Crippen LogP contribution >= 0.6 is 11.6 Å². The number of rotatable bonds is 3. The molecule has 88 valence electrons. The molecule has 1 aromatic carbocycles. The van der Waals surface area contributed by atoms with Gasteiger partial charge in [0.1, 0.15) is 5.82 Å². The molecule has 2 unspecified atom stereocenters.